The van der Waals surface area contributed by atoms with Crippen molar-refractivity contribution in [2.45, 2.75) is 43.9 Å². The molecular formula is C24H26N2O3. The Kier molecular flexibility index (Phi) is 4.77. The Hall–Kier alpha value is -2.95. The molecule has 0 atom stereocenters. The van der Waals surface area contributed by atoms with E-state index in [1.165, 1.54) is 9.80 Å². The molecule has 0 radical (unpaired) electrons. The highest BCUT2D eigenvalue weighted by Crippen LogP contribution is 2.49. The summed E-state index contributed by atoms with van der Waals surface area (Å²) in [5.41, 5.74) is 1.61. The minimum atomic E-state index is -0.488. The molecule has 0 aromatic heterocycles. The topological polar surface area (TPSA) is 57.7 Å². The van der Waals surface area contributed by atoms with Crippen LogP contribution in [0.15, 0.2) is 60.7 Å². The van der Waals surface area contributed by atoms with Gasteiger partial charge in [0.1, 0.15) is 6.42 Å². The summed E-state index contributed by atoms with van der Waals surface area (Å²) in [6.45, 7) is 4.60. The number of hydrogen-bond acceptors (Lipinski definition) is 3. The molecule has 2 fully saturated rings. The lowest BCUT2D eigenvalue weighted by atomic mass is 9.84. The highest BCUT2D eigenvalue weighted by atomic mass is 16.2. The average molecular weight is 390 g/mol. The number of amides is 4. The first-order chi connectivity index (χ1) is 13.8. The Bertz CT molecular complexity index is 870. The Labute approximate surface area is 171 Å². The third kappa shape index (κ3) is 3.69. The summed E-state index contributed by atoms with van der Waals surface area (Å²) in [6, 6.07) is 19.4. The van der Waals surface area contributed by atoms with Crippen molar-refractivity contribution in [2.24, 2.45) is 0 Å². The van der Waals surface area contributed by atoms with E-state index in [-0.39, 0.29) is 18.4 Å². The number of rotatable bonds is 6. The summed E-state index contributed by atoms with van der Waals surface area (Å²) < 4.78 is 0. The quantitative estimate of drug-likeness (QED) is 0.704. The van der Waals surface area contributed by atoms with E-state index in [9.17, 15) is 14.4 Å². The number of imide groups is 2. The second-order valence-electron chi connectivity index (χ2n) is 8.82. The predicted octanol–water partition coefficient (Wildman–Crippen LogP) is 3.88. The van der Waals surface area contributed by atoms with Crippen LogP contribution in [-0.2, 0) is 20.4 Å². The standard InChI is InChI=1S/C24H26N2O3/c1-23(2,18-9-5-3-6-10-18)16-25-20(27)15-21(28)26(22(25)29)17-24(13-14-24)19-11-7-4-8-12-19/h3-12H,13-17H2,1-2H3. The molecule has 1 saturated carbocycles. The molecule has 1 aliphatic carbocycles. The Balaban J connectivity index is 1.55. The highest BCUT2D eigenvalue weighted by Gasteiger charge is 2.50. The molecule has 5 nitrogen and oxygen atoms in total. The molecular weight excluding hydrogens is 364 g/mol. The summed E-state index contributed by atoms with van der Waals surface area (Å²) in [7, 11) is 0. The lowest BCUT2D eigenvalue weighted by molar-refractivity contribution is -0.143. The van der Waals surface area contributed by atoms with E-state index in [0.717, 1.165) is 24.0 Å². The van der Waals surface area contributed by atoms with Crippen LogP contribution in [0.5, 0.6) is 0 Å². The Morgan fingerprint density at radius 2 is 1.38 bits per heavy atom. The molecule has 0 bridgehead atoms. The SMILES string of the molecule is CC(C)(CN1C(=O)CC(=O)N(CC2(c3ccccc3)CC2)C1=O)c1ccccc1. The summed E-state index contributed by atoms with van der Waals surface area (Å²) in [4.78, 5) is 40.9. The molecule has 2 aliphatic rings. The minimum Gasteiger partial charge on any atom is -0.274 e. The molecule has 29 heavy (non-hydrogen) atoms. The number of hydrogen-bond donors (Lipinski definition) is 0. The fourth-order valence-electron chi connectivity index (χ4n) is 4.15. The highest BCUT2D eigenvalue weighted by molar-refractivity contribution is 6.14. The third-order valence-corrected chi connectivity index (χ3v) is 6.18. The van der Waals surface area contributed by atoms with E-state index in [1.807, 2.05) is 74.5 Å². The smallest absolute Gasteiger partial charge is 0.274 e. The van der Waals surface area contributed by atoms with Gasteiger partial charge in [0.05, 0.1) is 0 Å². The lowest BCUT2D eigenvalue weighted by Gasteiger charge is -2.38. The van der Waals surface area contributed by atoms with Crippen molar-refractivity contribution in [1.82, 2.24) is 9.80 Å². The van der Waals surface area contributed by atoms with Crippen molar-refractivity contribution < 1.29 is 14.4 Å². The van der Waals surface area contributed by atoms with Gasteiger partial charge in [-0.05, 0) is 24.0 Å². The maximum atomic E-state index is 13.2. The first-order valence-corrected chi connectivity index (χ1v) is 10.1. The first kappa shape index (κ1) is 19.4. The summed E-state index contributed by atoms with van der Waals surface area (Å²) >= 11 is 0. The van der Waals surface area contributed by atoms with Crippen molar-refractivity contribution in [3.05, 3.63) is 71.8 Å². The van der Waals surface area contributed by atoms with Crippen LogP contribution >= 0.6 is 0 Å². The van der Waals surface area contributed by atoms with Crippen LogP contribution in [-0.4, -0.2) is 40.7 Å². The van der Waals surface area contributed by atoms with Crippen LogP contribution in [0.2, 0.25) is 0 Å². The van der Waals surface area contributed by atoms with Crippen molar-refractivity contribution in [1.29, 1.82) is 0 Å². The number of carbonyl (C=O) groups is 3. The molecule has 5 heteroatoms. The first-order valence-electron chi connectivity index (χ1n) is 10.1. The van der Waals surface area contributed by atoms with E-state index in [0.29, 0.717) is 6.54 Å². The summed E-state index contributed by atoms with van der Waals surface area (Å²) in [6.07, 6.45) is 1.64. The summed E-state index contributed by atoms with van der Waals surface area (Å²) in [5, 5.41) is 0. The number of nitrogens with zero attached hydrogens (tertiary/aromatic N) is 2. The third-order valence-electron chi connectivity index (χ3n) is 6.18. The molecule has 4 rings (SSSR count). The van der Waals surface area contributed by atoms with Crippen LogP contribution < -0.4 is 0 Å². The molecule has 1 heterocycles. The van der Waals surface area contributed by atoms with Gasteiger partial charge in [0.15, 0.2) is 0 Å². The monoisotopic (exact) mass is 390 g/mol. The number of carbonyl (C=O) groups excluding carboxylic acids is 3. The molecule has 1 aliphatic heterocycles. The van der Waals surface area contributed by atoms with Gasteiger partial charge in [0.2, 0.25) is 11.8 Å². The number of urea groups is 1. The van der Waals surface area contributed by atoms with Crippen LogP contribution in [0.25, 0.3) is 0 Å². The van der Waals surface area contributed by atoms with Gasteiger partial charge in [-0.25, -0.2) is 4.79 Å². The van der Waals surface area contributed by atoms with Crippen molar-refractivity contribution in [2.75, 3.05) is 13.1 Å². The van der Waals surface area contributed by atoms with E-state index in [2.05, 4.69) is 0 Å². The normalized spacial score (nSPS) is 18.9. The fourth-order valence-corrected chi connectivity index (χ4v) is 4.15. The predicted molar refractivity (Wildman–Crippen MR) is 110 cm³/mol. The summed E-state index contributed by atoms with van der Waals surface area (Å²) in [5.74, 6) is -0.805. The molecule has 2 aromatic rings. The minimum absolute atomic E-state index is 0.173. The maximum absolute atomic E-state index is 13.2. The van der Waals surface area contributed by atoms with Crippen molar-refractivity contribution >= 4 is 17.8 Å². The van der Waals surface area contributed by atoms with Gasteiger partial charge < -0.3 is 0 Å². The molecule has 2 aromatic carbocycles. The fraction of sp³-hybridized carbons (Fsp3) is 0.375. The van der Waals surface area contributed by atoms with Crippen LogP contribution in [0.4, 0.5) is 4.79 Å². The van der Waals surface area contributed by atoms with E-state index < -0.39 is 23.3 Å². The number of barbiturate groups is 1. The number of benzene rings is 2. The second kappa shape index (κ2) is 7.14. The van der Waals surface area contributed by atoms with Gasteiger partial charge in [-0.2, -0.15) is 0 Å². The van der Waals surface area contributed by atoms with E-state index >= 15 is 0 Å². The zero-order valence-corrected chi connectivity index (χ0v) is 16.9. The Morgan fingerprint density at radius 1 is 0.828 bits per heavy atom. The van der Waals surface area contributed by atoms with Crippen LogP contribution in [0.1, 0.15) is 44.2 Å². The molecule has 150 valence electrons. The van der Waals surface area contributed by atoms with E-state index in [1.54, 1.807) is 0 Å². The van der Waals surface area contributed by atoms with Gasteiger partial charge in [-0.3, -0.25) is 19.4 Å². The van der Waals surface area contributed by atoms with Gasteiger partial charge in [-0.15, -0.1) is 0 Å². The maximum Gasteiger partial charge on any atom is 0.333 e. The average Bonchev–Trinajstić information content (AvgIpc) is 3.51. The Morgan fingerprint density at radius 3 is 1.97 bits per heavy atom. The van der Waals surface area contributed by atoms with Crippen molar-refractivity contribution in [3.8, 4) is 0 Å². The molecule has 0 spiro atoms. The van der Waals surface area contributed by atoms with Gasteiger partial charge in [-0.1, -0.05) is 74.5 Å². The molecule has 0 unspecified atom stereocenters. The van der Waals surface area contributed by atoms with E-state index in [4.69, 9.17) is 0 Å². The largest absolute Gasteiger partial charge is 0.333 e. The zero-order chi connectivity index (χ0) is 20.6. The molecule has 0 N–H and O–H groups in total. The van der Waals surface area contributed by atoms with Crippen LogP contribution in [0, 0.1) is 0 Å². The second-order valence-corrected chi connectivity index (χ2v) is 8.82. The van der Waals surface area contributed by atoms with Crippen molar-refractivity contribution in [3.63, 3.8) is 0 Å². The van der Waals surface area contributed by atoms with Gasteiger partial charge in [0, 0.05) is 23.9 Å². The van der Waals surface area contributed by atoms with Gasteiger partial charge in [0.25, 0.3) is 0 Å². The lowest BCUT2D eigenvalue weighted by Crippen LogP contribution is -2.58. The van der Waals surface area contributed by atoms with Gasteiger partial charge >= 0.3 is 6.03 Å². The van der Waals surface area contributed by atoms with Crippen LogP contribution in [0.3, 0.4) is 0 Å². The molecule has 4 amide bonds. The molecule has 1 saturated heterocycles. The zero-order valence-electron chi connectivity index (χ0n) is 16.9.